The van der Waals surface area contributed by atoms with Gasteiger partial charge in [-0.25, -0.2) is 8.78 Å². The molecular weight excluding hydrogens is 946 g/mol. The third-order valence-corrected chi connectivity index (χ3v) is 12.2. The second kappa shape index (κ2) is 27.8. The van der Waals surface area contributed by atoms with E-state index in [-0.39, 0.29) is 64.8 Å². The van der Waals surface area contributed by atoms with Crippen molar-refractivity contribution in [2.24, 2.45) is 0 Å². The molecule has 8 nitrogen and oxygen atoms in total. The molecule has 0 aromatic heterocycles. The molecule has 0 bridgehead atoms. The second-order valence-corrected chi connectivity index (χ2v) is 19.5. The first-order chi connectivity index (χ1) is 34.7. The van der Waals surface area contributed by atoms with Gasteiger partial charge >= 0.3 is 11.9 Å². The van der Waals surface area contributed by atoms with E-state index in [2.05, 4.69) is 54.7 Å². The van der Waals surface area contributed by atoms with Crippen LogP contribution in [-0.2, 0) is 42.4 Å². The Balaban J connectivity index is 0.000000263. The van der Waals surface area contributed by atoms with E-state index in [0.717, 1.165) is 44.5 Å². The van der Waals surface area contributed by atoms with Gasteiger partial charge in [0.25, 0.3) is 0 Å². The maximum absolute atomic E-state index is 14.9. The number of esters is 2. The number of rotatable bonds is 18. The third kappa shape index (κ3) is 17.4. The molecule has 0 radical (unpaired) electrons. The van der Waals surface area contributed by atoms with Crippen LogP contribution < -0.4 is 14.2 Å². The second-order valence-electron chi connectivity index (χ2n) is 19.2. The maximum Gasteiger partial charge on any atom is 0.306 e. The van der Waals surface area contributed by atoms with E-state index < -0.39 is 0 Å². The maximum atomic E-state index is 14.9. The molecule has 11 heteroatoms. The molecule has 0 aliphatic rings. The first-order valence-electron chi connectivity index (χ1n) is 24.3. The average Bonchev–Trinajstić information content (AvgIpc) is 3.37. The van der Waals surface area contributed by atoms with E-state index in [1.807, 2.05) is 60.7 Å². The minimum Gasteiger partial charge on any atom is -0.508 e. The predicted molar refractivity (Wildman–Crippen MR) is 291 cm³/mol. The van der Waals surface area contributed by atoms with Crippen LogP contribution in [0.1, 0.15) is 113 Å². The molecule has 0 fully saturated rings. The molecule has 0 aliphatic heterocycles. The zero-order valence-electron chi connectivity index (χ0n) is 44.0. The van der Waals surface area contributed by atoms with Crippen LogP contribution in [0.3, 0.4) is 0 Å². The van der Waals surface area contributed by atoms with Crippen molar-refractivity contribution in [3.63, 3.8) is 0 Å². The zero-order valence-corrected chi connectivity index (χ0v) is 44.7. The van der Waals surface area contributed by atoms with Crippen molar-refractivity contribution in [2.45, 2.75) is 103 Å². The summed E-state index contributed by atoms with van der Waals surface area (Å²) in [5.74, 6) is 1.34. The number of alkyl halides is 1. The Hall–Kier alpha value is -6.91. The number of carbonyl (C=O) groups excluding carboxylic acids is 2. The van der Waals surface area contributed by atoms with Crippen LogP contribution in [0, 0.1) is 11.6 Å². The van der Waals surface area contributed by atoms with E-state index in [9.17, 15) is 18.4 Å². The van der Waals surface area contributed by atoms with Gasteiger partial charge in [0.2, 0.25) is 0 Å². The highest BCUT2D eigenvalue weighted by Gasteiger charge is 2.23. The van der Waals surface area contributed by atoms with E-state index in [1.54, 1.807) is 88.8 Å². The Kier molecular flexibility index (Phi) is 22.3. The Morgan fingerprint density at radius 3 is 1.36 bits per heavy atom. The minimum atomic E-state index is -0.297. The minimum absolute atomic E-state index is 0.0698. The average molecular weight is 1020 g/mol. The first kappa shape index (κ1) is 58.7. The van der Waals surface area contributed by atoms with Crippen LogP contribution in [-0.4, -0.2) is 44.5 Å². The number of allylic oxidation sites excluding steroid dienone is 2. The molecule has 73 heavy (non-hydrogen) atoms. The summed E-state index contributed by atoms with van der Waals surface area (Å²) < 4.78 is 55.7. The highest BCUT2D eigenvalue weighted by Crippen LogP contribution is 2.39. The lowest BCUT2D eigenvalue weighted by molar-refractivity contribution is -0.144. The fourth-order valence-corrected chi connectivity index (χ4v) is 8.12. The van der Waals surface area contributed by atoms with Gasteiger partial charge < -0.3 is 28.8 Å². The molecule has 0 amide bonds. The highest BCUT2D eigenvalue weighted by molar-refractivity contribution is 6.17. The van der Waals surface area contributed by atoms with Crippen molar-refractivity contribution >= 4 is 23.5 Å². The number of benzene rings is 6. The number of hydrogen-bond acceptors (Lipinski definition) is 8. The van der Waals surface area contributed by atoms with Crippen LogP contribution in [0.5, 0.6) is 23.0 Å². The summed E-state index contributed by atoms with van der Waals surface area (Å²) in [6.07, 6.45) is 4.00. The molecule has 0 saturated heterocycles. The number of carbonyl (C=O) groups is 2. The summed E-state index contributed by atoms with van der Waals surface area (Å²) in [5, 5.41) is 9.16. The molecule has 6 rings (SSSR count). The van der Waals surface area contributed by atoms with Gasteiger partial charge in [0, 0.05) is 28.8 Å². The molecule has 1 N–H and O–H groups in total. The van der Waals surface area contributed by atoms with Gasteiger partial charge in [-0.05, 0) is 142 Å². The Labute approximate surface area is 436 Å². The van der Waals surface area contributed by atoms with Gasteiger partial charge in [0.05, 0.1) is 40.3 Å². The van der Waals surface area contributed by atoms with E-state index in [4.69, 9.17) is 40.4 Å². The van der Waals surface area contributed by atoms with Gasteiger partial charge in [-0.2, -0.15) is 0 Å². The third-order valence-electron chi connectivity index (χ3n) is 11.9. The molecule has 388 valence electrons. The summed E-state index contributed by atoms with van der Waals surface area (Å²) in [4.78, 5) is 23.2. The van der Waals surface area contributed by atoms with Crippen molar-refractivity contribution in [2.75, 3.05) is 27.4 Å². The lowest BCUT2D eigenvalue weighted by Gasteiger charge is -2.24. The summed E-state index contributed by atoms with van der Waals surface area (Å²) >= 11 is 5.93. The van der Waals surface area contributed by atoms with Crippen molar-refractivity contribution in [1.82, 2.24) is 0 Å². The van der Waals surface area contributed by atoms with Crippen molar-refractivity contribution < 1.29 is 47.2 Å². The summed E-state index contributed by atoms with van der Waals surface area (Å²) in [6, 6.07) is 36.0. The normalized spacial score (nSPS) is 11.8. The number of halogens is 3. The summed E-state index contributed by atoms with van der Waals surface area (Å²) in [6.45, 7) is 24.9. The van der Waals surface area contributed by atoms with Crippen molar-refractivity contribution in [3.05, 3.63) is 192 Å². The van der Waals surface area contributed by atoms with Crippen LogP contribution in [0.2, 0.25) is 0 Å². The number of hydrogen-bond donors (Lipinski definition) is 1. The van der Waals surface area contributed by atoms with Gasteiger partial charge in [-0.1, -0.05) is 102 Å². The molecule has 6 aromatic rings. The van der Waals surface area contributed by atoms with Gasteiger partial charge in [0.1, 0.15) is 41.2 Å². The SMILES string of the molecule is C=C[C@@H](CC(=O)OCC)c1ccc(O)cc1.C=C[C@@H](CC(=O)OCC)c1ccc(OCc2ccc(C(C)(C)C)c(-c3cc(OC)ccc3F)c2)cc1.COc1ccc(F)c(-c2cc(CCl)ccc2C(C)(C)C)c1. The van der Waals surface area contributed by atoms with Gasteiger partial charge in [-0.3, -0.25) is 9.59 Å². The summed E-state index contributed by atoms with van der Waals surface area (Å²) in [5.41, 5.74) is 8.42. The number of phenolic OH excluding ortho intramolecular Hbond substituents is 1. The van der Waals surface area contributed by atoms with Crippen LogP contribution in [0.4, 0.5) is 8.78 Å². The number of ether oxygens (including phenoxy) is 5. The van der Waals surface area contributed by atoms with Crippen LogP contribution >= 0.6 is 11.6 Å². The van der Waals surface area contributed by atoms with Gasteiger partial charge in [-0.15, -0.1) is 24.8 Å². The lowest BCUT2D eigenvalue weighted by Crippen LogP contribution is -2.13. The molecular formula is C62H71ClF2O8. The standard InChI is InChI=1S/C31H35FO4.C18H20ClFO.C13H16O3/c1-7-22(18-30(33)35-8-2)23-10-12-24(13-11-23)36-20-21-9-15-28(31(3,4)5)26(17-21)27-19-25(34-6)14-16-29(27)32;1-18(2,3)16-7-5-12(11-19)9-14(16)15-10-13(21-4)6-8-17(15)20;1-3-10(9-13(15)16-4-2)11-5-7-12(14)8-6-11/h7,9-17,19,22H,1,8,18,20H2,2-6H3;5-10H,11H2,1-4H3;3,5-8,10,14H,1,4,9H2,2H3/t22-;;10-/m0.0/s1. The van der Waals surface area contributed by atoms with Crippen molar-refractivity contribution in [3.8, 4) is 45.3 Å². The van der Waals surface area contributed by atoms with Crippen LogP contribution in [0.25, 0.3) is 22.3 Å². The Bertz CT molecular complexity index is 2750. The highest BCUT2D eigenvalue weighted by atomic mass is 35.5. The molecule has 2 atom stereocenters. The molecule has 0 heterocycles. The Morgan fingerprint density at radius 1 is 0.575 bits per heavy atom. The quantitative estimate of drug-likeness (QED) is 0.0516. The molecule has 0 spiro atoms. The first-order valence-corrected chi connectivity index (χ1v) is 24.8. The van der Waals surface area contributed by atoms with Crippen molar-refractivity contribution in [1.29, 1.82) is 0 Å². The smallest absolute Gasteiger partial charge is 0.306 e. The lowest BCUT2D eigenvalue weighted by atomic mass is 9.81. The fraction of sp³-hybridized carbons (Fsp3) is 0.323. The topological polar surface area (TPSA) is 101 Å². The molecule has 6 aromatic carbocycles. The van der Waals surface area contributed by atoms with E-state index >= 15 is 0 Å². The van der Waals surface area contributed by atoms with E-state index in [1.165, 1.54) is 12.1 Å². The van der Waals surface area contributed by atoms with E-state index in [0.29, 0.717) is 54.1 Å². The predicted octanol–water partition coefficient (Wildman–Crippen LogP) is 15.8. The summed E-state index contributed by atoms with van der Waals surface area (Å²) in [7, 11) is 3.15. The number of methoxy groups -OCH3 is 2. The fourth-order valence-electron chi connectivity index (χ4n) is 7.96. The zero-order chi connectivity index (χ0) is 53.9. The molecule has 0 aliphatic carbocycles. The number of aromatic hydroxyl groups is 1. The number of phenols is 1. The monoisotopic (exact) mass is 1020 g/mol. The molecule has 0 unspecified atom stereocenters. The largest absolute Gasteiger partial charge is 0.508 e. The van der Waals surface area contributed by atoms with Crippen LogP contribution in [0.15, 0.2) is 147 Å². The van der Waals surface area contributed by atoms with Gasteiger partial charge in [0.15, 0.2) is 0 Å². The Morgan fingerprint density at radius 2 is 0.973 bits per heavy atom. The molecule has 0 saturated carbocycles.